The number of nitrogens with zero attached hydrogens (tertiary/aromatic N) is 1. The Kier molecular flexibility index (Phi) is 3.44. The van der Waals surface area contributed by atoms with E-state index in [9.17, 15) is 4.79 Å². The number of benzene rings is 1. The van der Waals surface area contributed by atoms with Gasteiger partial charge in [0.15, 0.2) is 5.16 Å². The number of fused-ring (bicyclic) bond motifs is 1. The Labute approximate surface area is 118 Å². The van der Waals surface area contributed by atoms with Gasteiger partial charge in [-0.05, 0) is 18.2 Å². The van der Waals surface area contributed by atoms with E-state index in [1.165, 1.54) is 18.0 Å². The molecule has 6 nitrogen and oxygen atoms in total. The third-order valence-corrected chi connectivity index (χ3v) is 3.70. The van der Waals surface area contributed by atoms with Crippen LogP contribution in [0.1, 0.15) is 16.1 Å². The zero-order valence-corrected chi connectivity index (χ0v) is 11.2. The number of para-hydroxylation sites is 2. The Hall–Kier alpha value is -2.25. The van der Waals surface area contributed by atoms with E-state index in [0.717, 1.165) is 16.2 Å². The number of hydrogen-bond acceptors (Lipinski definition) is 5. The van der Waals surface area contributed by atoms with Crippen molar-refractivity contribution in [2.75, 3.05) is 0 Å². The highest BCUT2D eigenvalue weighted by molar-refractivity contribution is 7.98. The third-order valence-electron chi connectivity index (χ3n) is 2.83. The van der Waals surface area contributed by atoms with E-state index in [4.69, 9.17) is 10.3 Å². The summed E-state index contributed by atoms with van der Waals surface area (Å²) in [5, 5.41) is 0.779. The van der Waals surface area contributed by atoms with E-state index in [2.05, 4.69) is 15.4 Å². The summed E-state index contributed by atoms with van der Waals surface area (Å²) >= 11 is 1.46. The first-order chi connectivity index (χ1) is 9.78. The van der Waals surface area contributed by atoms with Gasteiger partial charge in [-0.2, -0.15) is 0 Å². The maximum absolute atomic E-state index is 11.5. The first kappa shape index (κ1) is 12.8. The number of nitrogen functional groups attached to an aromatic ring is 1. The summed E-state index contributed by atoms with van der Waals surface area (Å²) in [5.74, 6) is 5.83. The molecule has 0 radical (unpaired) electrons. The number of thioether (sulfide) groups is 1. The molecule has 0 aliphatic heterocycles. The van der Waals surface area contributed by atoms with Crippen molar-refractivity contribution in [3.63, 3.8) is 0 Å². The van der Waals surface area contributed by atoms with Gasteiger partial charge in [-0.1, -0.05) is 23.9 Å². The maximum atomic E-state index is 11.5. The van der Waals surface area contributed by atoms with Crippen LogP contribution in [-0.2, 0) is 5.75 Å². The van der Waals surface area contributed by atoms with E-state index >= 15 is 0 Å². The Morgan fingerprint density at radius 1 is 1.40 bits per heavy atom. The molecule has 3 rings (SSSR count). The molecular formula is C13H12N4O2S. The number of amides is 1. The standard InChI is InChI=1S/C13H12N4O2S/c14-17-12(18)8-5-6-19-11(8)7-20-13-15-9-3-1-2-4-10(9)16-13/h1-6H,7,14H2,(H,15,16)(H,17,18). The van der Waals surface area contributed by atoms with Crippen LogP contribution in [0.5, 0.6) is 0 Å². The fourth-order valence-corrected chi connectivity index (χ4v) is 2.70. The lowest BCUT2D eigenvalue weighted by molar-refractivity contribution is 0.0952. The number of carbonyl (C=O) groups is 1. The van der Waals surface area contributed by atoms with Crippen molar-refractivity contribution in [2.24, 2.45) is 5.84 Å². The molecular weight excluding hydrogens is 276 g/mol. The minimum atomic E-state index is -0.362. The highest BCUT2D eigenvalue weighted by Crippen LogP contribution is 2.25. The van der Waals surface area contributed by atoms with Gasteiger partial charge in [0.2, 0.25) is 0 Å². The van der Waals surface area contributed by atoms with Crippen LogP contribution in [0.4, 0.5) is 0 Å². The fourth-order valence-electron chi connectivity index (χ4n) is 1.86. The Morgan fingerprint density at radius 3 is 3.05 bits per heavy atom. The Bertz CT molecular complexity index is 717. The number of imidazole rings is 1. The molecule has 1 aromatic carbocycles. The number of rotatable bonds is 4. The average molecular weight is 288 g/mol. The normalized spacial score (nSPS) is 10.8. The van der Waals surface area contributed by atoms with Crippen molar-refractivity contribution in [2.45, 2.75) is 10.9 Å². The highest BCUT2D eigenvalue weighted by atomic mass is 32.2. The Morgan fingerprint density at radius 2 is 2.25 bits per heavy atom. The first-order valence-electron chi connectivity index (χ1n) is 5.93. The van der Waals surface area contributed by atoms with Gasteiger partial charge >= 0.3 is 0 Å². The number of nitrogens with one attached hydrogen (secondary N) is 2. The second kappa shape index (κ2) is 5.40. The van der Waals surface area contributed by atoms with Crippen molar-refractivity contribution in [3.8, 4) is 0 Å². The SMILES string of the molecule is NNC(=O)c1ccoc1CSc1nc2ccccc2[nH]1. The lowest BCUT2D eigenvalue weighted by Gasteiger charge is -1.99. The maximum Gasteiger partial charge on any atom is 0.268 e. The molecule has 1 amide bonds. The van der Waals surface area contributed by atoms with Crippen LogP contribution in [0, 0.1) is 0 Å². The largest absolute Gasteiger partial charge is 0.468 e. The molecule has 0 bridgehead atoms. The molecule has 0 spiro atoms. The van der Waals surface area contributed by atoms with Gasteiger partial charge in [-0.25, -0.2) is 10.8 Å². The number of hydrogen-bond donors (Lipinski definition) is 3. The van der Waals surface area contributed by atoms with Crippen LogP contribution in [-0.4, -0.2) is 15.9 Å². The fraction of sp³-hybridized carbons (Fsp3) is 0.0769. The van der Waals surface area contributed by atoms with Crippen LogP contribution in [0.15, 0.2) is 46.2 Å². The number of carbonyl (C=O) groups excluding carboxylic acids is 1. The summed E-state index contributed by atoms with van der Waals surface area (Å²) < 4.78 is 5.30. The molecule has 0 saturated heterocycles. The second-order valence-electron chi connectivity index (χ2n) is 4.08. The van der Waals surface area contributed by atoms with Crippen LogP contribution in [0.3, 0.4) is 0 Å². The van der Waals surface area contributed by atoms with E-state index in [1.54, 1.807) is 6.07 Å². The zero-order valence-electron chi connectivity index (χ0n) is 10.4. The van der Waals surface area contributed by atoms with Crippen molar-refractivity contribution in [3.05, 3.63) is 47.9 Å². The first-order valence-corrected chi connectivity index (χ1v) is 6.91. The summed E-state index contributed by atoms with van der Waals surface area (Å²) in [4.78, 5) is 19.2. The zero-order chi connectivity index (χ0) is 13.9. The highest BCUT2D eigenvalue weighted by Gasteiger charge is 2.14. The number of hydrazine groups is 1. The topological polar surface area (TPSA) is 96.9 Å². The predicted octanol–water partition coefficient (Wildman–Crippen LogP) is 2.05. The van der Waals surface area contributed by atoms with Gasteiger partial charge in [0, 0.05) is 0 Å². The smallest absolute Gasteiger partial charge is 0.268 e. The molecule has 3 aromatic rings. The summed E-state index contributed by atoms with van der Waals surface area (Å²) in [6, 6.07) is 9.39. The summed E-state index contributed by atoms with van der Waals surface area (Å²) in [7, 11) is 0. The van der Waals surface area contributed by atoms with Gasteiger partial charge in [-0.3, -0.25) is 10.2 Å². The van der Waals surface area contributed by atoms with E-state index < -0.39 is 0 Å². The minimum Gasteiger partial charge on any atom is -0.468 e. The van der Waals surface area contributed by atoms with Crippen LogP contribution < -0.4 is 11.3 Å². The molecule has 0 atom stereocenters. The third kappa shape index (κ3) is 2.40. The number of H-pyrrole nitrogens is 1. The van der Waals surface area contributed by atoms with Crippen LogP contribution in [0.25, 0.3) is 11.0 Å². The molecule has 0 fully saturated rings. The molecule has 2 aromatic heterocycles. The second-order valence-corrected chi connectivity index (χ2v) is 5.04. The number of nitrogens with two attached hydrogens (primary N) is 1. The molecule has 0 aliphatic carbocycles. The van der Waals surface area contributed by atoms with Gasteiger partial charge in [0.05, 0.1) is 28.6 Å². The molecule has 4 N–H and O–H groups in total. The minimum absolute atomic E-state index is 0.362. The average Bonchev–Trinajstić information content (AvgIpc) is 3.10. The van der Waals surface area contributed by atoms with Crippen molar-refractivity contribution in [1.29, 1.82) is 0 Å². The molecule has 102 valence electrons. The Balaban J connectivity index is 1.76. The quantitative estimate of drug-likeness (QED) is 0.295. The lowest BCUT2D eigenvalue weighted by Crippen LogP contribution is -2.30. The van der Waals surface area contributed by atoms with E-state index in [1.807, 2.05) is 24.3 Å². The van der Waals surface area contributed by atoms with Crippen LogP contribution in [0.2, 0.25) is 0 Å². The number of aromatic nitrogens is 2. The number of furan rings is 1. The molecule has 0 unspecified atom stereocenters. The molecule has 20 heavy (non-hydrogen) atoms. The molecule has 0 saturated carbocycles. The van der Waals surface area contributed by atoms with E-state index in [-0.39, 0.29) is 5.91 Å². The van der Waals surface area contributed by atoms with Gasteiger partial charge in [0.1, 0.15) is 5.76 Å². The van der Waals surface area contributed by atoms with Crippen molar-refractivity contribution in [1.82, 2.24) is 15.4 Å². The summed E-state index contributed by atoms with van der Waals surface area (Å²) in [6.07, 6.45) is 1.47. The van der Waals surface area contributed by atoms with Gasteiger partial charge in [-0.15, -0.1) is 0 Å². The molecule has 7 heteroatoms. The van der Waals surface area contributed by atoms with Gasteiger partial charge < -0.3 is 9.40 Å². The molecule has 2 heterocycles. The lowest BCUT2D eigenvalue weighted by atomic mass is 10.2. The monoisotopic (exact) mass is 288 g/mol. The van der Waals surface area contributed by atoms with Gasteiger partial charge in [0.25, 0.3) is 5.91 Å². The van der Waals surface area contributed by atoms with E-state index in [0.29, 0.717) is 17.1 Å². The van der Waals surface area contributed by atoms with Crippen molar-refractivity contribution < 1.29 is 9.21 Å². The summed E-state index contributed by atoms with van der Waals surface area (Å²) in [5.41, 5.74) is 4.43. The predicted molar refractivity (Wildman–Crippen MR) is 76.0 cm³/mol. The number of aromatic amines is 1. The van der Waals surface area contributed by atoms with Crippen molar-refractivity contribution >= 4 is 28.7 Å². The summed E-state index contributed by atoms with van der Waals surface area (Å²) in [6.45, 7) is 0. The van der Waals surface area contributed by atoms with Crippen LogP contribution >= 0.6 is 11.8 Å². The molecule has 0 aliphatic rings.